The first-order chi connectivity index (χ1) is 13.1. The molecule has 2 N–H and O–H groups in total. The number of halogens is 1. The highest BCUT2D eigenvalue weighted by Crippen LogP contribution is 2.30. The van der Waals surface area contributed by atoms with Crippen molar-refractivity contribution in [3.8, 4) is 17.3 Å². The van der Waals surface area contributed by atoms with Crippen LogP contribution in [0.15, 0.2) is 59.4 Å². The number of carbonyl (C=O) groups is 2. The Morgan fingerprint density at radius 2 is 1.85 bits per heavy atom. The Kier molecular flexibility index (Phi) is 4.21. The van der Waals surface area contributed by atoms with Gasteiger partial charge in [0.05, 0.1) is 7.11 Å². The summed E-state index contributed by atoms with van der Waals surface area (Å²) in [5, 5.41) is 2.71. The molecule has 0 amide bonds. The van der Waals surface area contributed by atoms with Gasteiger partial charge in [0.15, 0.2) is 5.82 Å². The maximum Gasteiger partial charge on any atom is 0.231 e. The summed E-state index contributed by atoms with van der Waals surface area (Å²) in [5.41, 5.74) is 1.17. The number of benzene rings is 1. The molecule has 0 saturated carbocycles. The van der Waals surface area contributed by atoms with Gasteiger partial charge >= 0.3 is 0 Å². The van der Waals surface area contributed by atoms with Gasteiger partial charge in [-0.3, -0.25) is 14.6 Å². The highest BCUT2D eigenvalue weighted by Gasteiger charge is 2.35. The van der Waals surface area contributed by atoms with Gasteiger partial charge < -0.3 is 15.0 Å². The third kappa shape index (κ3) is 2.98. The highest BCUT2D eigenvalue weighted by atomic mass is 35.5. The summed E-state index contributed by atoms with van der Waals surface area (Å²) in [4.78, 5) is 36.8. The maximum atomic E-state index is 12.9. The number of fused-ring (bicyclic) bond motifs is 1. The number of imidazole rings is 1. The van der Waals surface area contributed by atoms with E-state index in [1.54, 1.807) is 55.8 Å². The number of H-pyrrole nitrogens is 1. The van der Waals surface area contributed by atoms with Crippen LogP contribution in [0.2, 0.25) is 0 Å². The summed E-state index contributed by atoms with van der Waals surface area (Å²) in [7, 11) is 1.56. The summed E-state index contributed by atoms with van der Waals surface area (Å²) in [5.74, 6) is 0.0273. The number of carbonyl (C=O) groups excluding carboxylic acids is 2. The molecule has 4 rings (SSSR count). The lowest BCUT2D eigenvalue weighted by atomic mass is 10.0. The number of hydrogen-bond donors (Lipinski definition) is 2. The minimum Gasteiger partial charge on any atom is -0.497 e. The van der Waals surface area contributed by atoms with Crippen LogP contribution in [0.5, 0.6) is 5.75 Å². The number of hydrogen-bond acceptors (Lipinski definition) is 6. The number of rotatable bonds is 4. The van der Waals surface area contributed by atoms with Gasteiger partial charge in [0.1, 0.15) is 33.6 Å². The molecular weight excluding hydrogens is 368 g/mol. The second-order valence-electron chi connectivity index (χ2n) is 5.72. The van der Waals surface area contributed by atoms with Gasteiger partial charge in [-0.25, -0.2) is 4.98 Å². The minimum atomic E-state index is -0.503. The van der Waals surface area contributed by atoms with E-state index in [4.69, 9.17) is 16.3 Å². The first-order valence-electron chi connectivity index (χ1n) is 8.00. The molecule has 1 aliphatic carbocycles. The van der Waals surface area contributed by atoms with Gasteiger partial charge in [0.25, 0.3) is 0 Å². The lowest BCUT2D eigenvalue weighted by Gasteiger charge is -2.15. The van der Waals surface area contributed by atoms with Crippen LogP contribution in [-0.4, -0.2) is 33.6 Å². The van der Waals surface area contributed by atoms with Crippen LogP contribution in [0.25, 0.3) is 11.5 Å². The van der Waals surface area contributed by atoms with Crippen molar-refractivity contribution in [2.75, 3.05) is 12.4 Å². The zero-order valence-corrected chi connectivity index (χ0v) is 14.9. The van der Waals surface area contributed by atoms with Crippen LogP contribution in [0.1, 0.15) is 21.0 Å². The molecule has 3 aromatic rings. The summed E-state index contributed by atoms with van der Waals surface area (Å²) < 4.78 is 5.10. The van der Waals surface area contributed by atoms with E-state index in [0.29, 0.717) is 23.0 Å². The maximum absolute atomic E-state index is 12.9. The van der Waals surface area contributed by atoms with Gasteiger partial charge in [-0.15, -0.1) is 0 Å². The average Bonchev–Trinajstić information content (AvgIpc) is 3.16. The lowest BCUT2D eigenvalue weighted by molar-refractivity contribution is 0.0977. The normalized spacial score (nSPS) is 13.6. The van der Waals surface area contributed by atoms with E-state index < -0.39 is 11.6 Å². The van der Waals surface area contributed by atoms with Crippen LogP contribution < -0.4 is 10.1 Å². The molecule has 0 unspecified atom stereocenters. The number of aromatic nitrogens is 3. The molecule has 0 aliphatic heterocycles. The Bertz CT molecular complexity index is 1070. The average molecular weight is 381 g/mol. The molecule has 0 spiro atoms. The number of methoxy groups -OCH3 is 1. The van der Waals surface area contributed by atoms with Crippen molar-refractivity contribution in [3.63, 3.8) is 0 Å². The van der Waals surface area contributed by atoms with Crippen molar-refractivity contribution in [2.24, 2.45) is 0 Å². The topological polar surface area (TPSA) is 97.0 Å². The van der Waals surface area contributed by atoms with Crippen LogP contribution in [0.4, 0.5) is 5.69 Å². The molecule has 1 aromatic carbocycles. The summed E-state index contributed by atoms with van der Waals surface area (Å²) >= 11 is 6.18. The standard InChI is InChI=1S/C19H13ClN4O3/c1-27-11-7-5-10(6-8-11)22-14-13(20)17(25)15-16(18(14)26)24-19(23-15)12-4-2-3-9-21-12/h2-9,22H,1H3,(H,23,24). The predicted octanol–water partition coefficient (Wildman–Crippen LogP) is 3.42. The largest absolute Gasteiger partial charge is 0.497 e. The number of pyridine rings is 1. The van der Waals surface area contributed by atoms with Crippen molar-refractivity contribution in [3.05, 3.63) is 70.8 Å². The molecule has 2 heterocycles. The van der Waals surface area contributed by atoms with E-state index in [0.717, 1.165) is 0 Å². The van der Waals surface area contributed by atoms with Crippen molar-refractivity contribution in [1.29, 1.82) is 0 Å². The molecule has 7 nitrogen and oxygen atoms in total. The fourth-order valence-electron chi connectivity index (χ4n) is 2.70. The summed E-state index contributed by atoms with van der Waals surface area (Å²) in [6.45, 7) is 0. The van der Waals surface area contributed by atoms with Crippen LogP contribution in [0, 0.1) is 0 Å². The van der Waals surface area contributed by atoms with E-state index in [1.165, 1.54) is 0 Å². The number of Topliss-reactive ketones (excluding diaryl/α,β-unsaturated/α-hetero) is 2. The van der Waals surface area contributed by atoms with E-state index in [9.17, 15) is 9.59 Å². The molecule has 0 atom stereocenters. The molecule has 0 fully saturated rings. The van der Waals surface area contributed by atoms with Gasteiger partial charge in [0, 0.05) is 11.9 Å². The number of ether oxygens (including phenoxy) is 1. The van der Waals surface area contributed by atoms with Gasteiger partial charge in [-0.2, -0.15) is 0 Å². The molecule has 27 heavy (non-hydrogen) atoms. The zero-order chi connectivity index (χ0) is 19.0. The van der Waals surface area contributed by atoms with Crippen LogP contribution in [0.3, 0.4) is 0 Å². The number of aromatic amines is 1. The number of nitrogens with zero attached hydrogens (tertiary/aromatic N) is 2. The molecule has 2 aromatic heterocycles. The van der Waals surface area contributed by atoms with Crippen LogP contribution in [-0.2, 0) is 0 Å². The molecule has 134 valence electrons. The van der Waals surface area contributed by atoms with Crippen molar-refractivity contribution < 1.29 is 14.3 Å². The molecule has 8 heteroatoms. The molecular formula is C19H13ClN4O3. The van der Waals surface area contributed by atoms with E-state index in [1.807, 2.05) is 0 Å². The fraction of sp³-hybridized carbons (Fsp3) is 0.0526. The Morgan fingerprint density at radius 3 is 2.52 bits per heavy atom. The van der Waals surface area contributed by atoms with Gasteiger partial charge in [-0.1, -0.05) is 17.7 Å². The SMILES string of the molecule is COc1ccc(NC2=C(Cl)C(=O)c3[nH]c(-c4ccccn4)nc3C2=O)cc1. The zero-order valence-electron chi connectivity index (χ0n) is 14.1. The fourth-order valence-corrected chi connectivity index (χ4v) is 2.93. The first-order valence-corrected chi connectivity index (χ1v) is 8.38. The Hall–Kier alpha value is -3.45. The Balaban J connectivity index is 1.69. The number of allylic oxidation sites excluding steroid dienone is 2. The Labute approximate surface area is 159 Å². The Morgan fingerprint density at radius 1 is 1.07 bits per heavy atom. The summed E-state index contributed by atoms with van der Waals surface area (Å²) in [6, 6.07) is 12.2. The number of anilines is 1. The van der Waals surface area contributed by atoms with E-state index in [2.05, 4.69) is 20.3 Å². The molecule has 0 saturated heterocycles. The second kappa shape index (κ2) is 6.69. The van der Waals surface area contributed by atoms with Crippen molar-refractivity contribution >= 4 is 28.9 Å². The third-order valence-corrected chi connectivity index (χ3v) is 4.42. The molecule has 0 bridgehead atoms. The third-order valence-electron chi connectivity index (χ3n) is 4.06. The van der Waals surface area contributed by atoms with E-state index in [-0.39, 0.29) is 22.1 Å². The van der Waals surface area contributed by atoms with E-state index >= 15 is 0 Å². The molecule has 0 radical (unpaired) electrons. The van der Waals surface area contributed by atoms with Crippen molar-refractivity contribution in [2.45, 2.75) is 0 Å². The smallest absolute Gasteiger partial charge is 0.231 e. The van der Waals surface area contributed by atoms with Gasteiger partial charge in [-0.05, 0) is 36.4 Å². The van der Waals surface area contributed by atoms with Gasteiger partial charge in [0.2, 0.25) is 11.6 Å². The minimum absolute atomic E-state index is 0.0149. The predicted molar refractivity (Wildman–Crippen MR) is 100.0 cm³/mol. The van der Waals surface area contributed by atoms with Crippen LogP contribution >= 0.6 is 11.6 Å². The lowest BCUT2D eigenvalue weighted by Crippen LogP contribution is -2.24. The second-order valence-corrected chi connectivity index (χ2v) is 6.10. The first kappa shape index (κ1) is 17.0. The molecule has 1 aliphatic rings. The van der Waals surface area contributed by atoms with Crippen molar-refractivity contribution in [1.82, 2.24) is 15.0 Å². The monoisotopic (exact) mass is 380 g/mol. The quantitative estimate of drug-likeness (QED) is 0.719. The highest BCUT2D eigenvalue weighted by molar-refractivity contribution is 6.50. The number of ketones is 2. The summed E-state index contributed by atoms with van der Waals surface area (Å²) in [6.07, 6.45) is 1.60. The number of nitrogens with one attached hydrogen (secondary N) is 2.